The first kappa shape index (κ1) is 11.7. The van der Waals surface area contributed by atoms with Crippen LogP contribution in [0.15, 0.2) is 24.4 Å². The van der Waals surface area contributed by atoms with Gasteiger partial charge in [0, 0.05) is 23.5 Å². The molecule has 17 heavy (non-hydrogen) atoms. The summed E-state index contributed by atoms with van der Waals surface area (Å²) in [7, 11) is 0. The van der Waals surface area contributed by atoms with Crippen molar-refractivity contribution in [3.05, 3.63) is 35.5 Å². The Morgan fingerprint density at radius 1 is 1.35 bits per heavy atom. The molecule has 2 rings (SSSR count). The van der Waals surface area contributed by atoms with Crippen molar-refractivity contribution in [1.82, 2.24) is 4.98 Å². The molecule has 1 aromatic carbocycles. The predicted molar refractivity (Wildman–Crippen MR) is 57.7 cm³/mol. The number of aromatic amines is 1. The minimum atomic E-state index is -4.35. The molecule has 90 valence electrons. The second-order valence-electron chi connectivity index (χ2n) is 3.95. The van der Waals surface area contributed by atoms with Crippen molar-refractivity contribution in [2.75, 3.05) is 0 Å². The summed E-state index contributed by atoms with van der Waals surface area (Å²) >= 11 is 0. The fourth-order valence-electron chi connectivity index (χ4n) is 1.78. The molecule has 1 heterocycles. The van der Waals surface area contributed by atoms with Crippen molar-refractivity contribution in [2.45, 2.75) is 19.5 Å². The van der Waals surface area contributed by atoms with Crippen molar-refractivity contribution in [3.8, 4) is 0 Å². The Hall–Kier alpha value is -1.78. The third kappa shape index (κ3) is 2.33. The van der Waals surface area contributed by atoms with Gasteiger partial charge in [0.15, 0.2) is 0 Å². The minimum absolute atomic E-state index is 0.0224. The molecular formula is C12H10F3NO. The second-order valence-corrected chi connectivity index (χ2v) is 3.95. The largest absolute Gasteiger partial charge is 0.416 e. The number of benzene rings is 1. The third-order valence-electron chi connectivity index (χ3n) is 2.53. The Balaban J connectivity index is 2.48. The normalized spacial score (nSPS) is 12.0. The van der Waals surface area contributed by atoms with Gasteiger partial charge >= 0.3 is 6.18 Å². The van der Waals surface area contributed by atoms with Crippen LogP contribution >= 0.6 is 0 Å². The molecule has 2 aromatic rings. The van der Waals surface area contributed by atoms with E-state index < -0.39 is 11.7 Å². The summed E-state index contributed by atoms with van der Waals surface area (Å²) in [6.07, 6.45) is -2.54. The van der Waals surface area contributed by atoms with E-state index in [1.165, 1.54) is 13.0 Å². The van der Waals surface area contributed by atoms with Gasteiger partial charge in [0.2, 0.25) is 0 Å². The number of carbonyl (C=O) groups is 1. The number of hydrogen-bond donors (Lipinski definition) is 1. The number of ketones is 1. The van der Waals surface area contributed by atoms with E-state index in [1.807, 2.05) is 0 Å². The molecular weight excluding hydrogens is 231 g/mol. The lowest BCUT2D eigenvalue weighted by atomic mass is 10.1. The summed E-state index contributed by atoms with van der Waals surface area (Å²) in [5.41, 5.74) is 0.429. The number of halogens is 3. The van der Waals surface area contributed by atoms with Crippen molar-refractivity contribution in [3.63, 3.8) is 0 Å². The average Bonchev–Trinajstić information content (AvgIpc) is 2.59. The van der Waals surface area contributed by atoms with E-state index in [1.54, 1.807) is 6.20 Å². The lowest BCUT2D eigenvalue weighted by molar-refractivity contribution is -0.137. The monoisotopic (exact) mass is 241 g/mol. The molecule has 0 saturated carbocycles. The SMILES string of the molecule is CC(=O)Cc1c[nH]c2cc(C(F)(F)F)ccc12. The molecule has 0 amide bonds. The number of carbonyl (C=O) groups excluding carboxylic acids is 1. The highest BCUT2D eigenvalue weighted by atomic mass is 19.4. The zero-order valence-corrected chi connectivity index (χ0v) is 9.06. The maximum Gasteiger partial charge on any atom is 0.416 e. The fourth-order valence-corrected chi connectivity index (χ4v) is 1.78. The summed E-state index contributed by atoms with van der Waals surface area (Å²) in [6.45, 7) is 1.45. The molecule has 0 bridgehead atoms. The average molecular weight is 241 g/mol. The van der Waals surface area contributed by atoms with Crippen molar-refractivity contribution in [2.24, 2.45) is 0 Å². The highest BCUT2D eigenvalue weighted by molar-refractivity contribution is 5.89. The molecule has 0 unspecified atom stereocenters. The smallest absolute Gasteiger partial charge is 0.361 e. The van der Waals surface area contributed by atoms with Gasteiger partial charge < -0.3 is 4.98 Å². The maximum absolute atomic E-state index is 12.5. The zero-order valence-electron chi connectivity index (χ0n) is 9.06. The van der Waals surface area contributed by atoms with Gasteiger partial charge in [-0.05, 0) is 24.6 Å². The van der Waals surface area contributed by atoms with Crippen LogP contribution in [0.5, 0.6) is 0 Å². The molecule has 5 heteroatoms. The van der Waals surface area contributed by atoms with Crippen LogP contribution in [0.2, 0.25) is 0 Å². The number of fused-ring (bicyclic) bond motifs is 1. The Kier molecular flexibility index (Phi) is 2.69. The predicted octanol–water partition coefficient (Wildman–Crippen LogP) is 3.32. The van der Waals surface area contributed by atoms with Crippen LogP contribution in [-0.2, 0) is 17.4 Å². The molecule has 0 saturated heterocycles. The molecule has 0 aliphatic carbocycles. The van der Waals surface area contributed by atoms with E-state index in [0.29, 0.717) is 10.9 Å². The van der Waals surface area contributed by atoms with E-state index >= 15 is 0 Å². The number of nitrogens with one attached hydrogen (secondary N) is 1. The molecule has 1 aromatic heterocycles. The second kappa shape index (κ2) is 3.91. The van der Waals surface area contributed by atoms with E-state index in [4.69, 9.17) is 0 Å². The van der Waals surface area contributed by atoms with Crippen LogP contribution in [-0.4, -0.2) is 10.8 Å². The molecule has 1 N–H and O–H groups in total. The molecule has 0 fully saturated rings. The van der Waals surface area contributed by atoms with Crippen LogP contribution in [0.3, 0.4) is 0 Å². The molecule has 0 aliphatic heterocycles. The van der Waals surface area contributed by atoms with Crippen LogP contribution in [0.1, 0.15) is 18.1 Å². The number of hydrogen-bond acceptors (Lipinski definition) is 1. The van der Waals surface area contributed by atoms with Crippen LogP contribution in [0.4, 0.5) is 13.2 Å². The summed E-state index contributed by atoms with van der Waals surface area (Å²) < 4.78 is 37.4. The Bertz CT molecular complexity index is 569. The van der Waals surface area contributed by atoms with Gasteiger partial charge in [0.25, 0.3) is 0 Å². The van der Waals surface area contributed by atoms with Crippen molar-refractivity contribution >= 4 is 16.7 Å². The van der Waals surface area contributed by atoms with Crippen LogP contribution < -0.4 is 0 Å². The van der Waals surface area contributed by atoms with Gasteiger partial charge in [0.1, 0.15) is 5.78 Å². The summed E-state index contributed by atoms with van der Waals surface area (Å²) in [5, 5.41) is 0.660. The molecule has 0 atom stereocenters. The first-order chi connectivity index (χ1) is 7.88. The number of Topliss-reactive ketones (excluding diaryl/α,β-unsaturated/α-hetero) is 1. The Morgan fingerprint density at radius 3 is 2.65 bits per heavy atom. The van der Waals surface area contributed by atoms with Crippen molar-refractivity contribution < 1.29 is 18.0 Å². The van der Waals surface area contributed by atoms with Crippen LogP contribution in [0, 0.1) is 0 Å². The van der Waals surface area contributed by atoms with E-state index in [-0.39, 0.29) is 12.2 Å². The van der Waals surface area contributed by atoms with E-state index in [0.717, 1.165) is 17.7 Å². The standard InChI is InChI=1S/C12H10F3NO/c1-7(17)4-8-6-16-11-5-9(12(13,14)15)2-3-10(8)11/h2-3,5-6,16H,4H2,1H3. The van der Waals surface area contributed by atoms with E-state index in [9.17, 15) is 18.0 Å². The topological polar surface area (TPSA) is 32.9 Å². The first-order valence-electron chi connectivity index (χ1n) is 5.04. The van der Waals surface area contributed by atoms with Crippen LogP contribution in [0.25, 0.3) is 10.9 Å². The first-order valence-corrected chi connectivity index (χ1v) is 5.04. The highest BCUT2D eigenvalue weighted by Crippen LogP contribution is 2.32. The van der Waals surface area contributed by atoms with Gasteiger partial charge in [-0.2, -0.15) is 13.2 Å². The summed E-state index contributed by atoms with van der Waals surface area (Å²) in [5.74, 6) is -0.0224. The van der Waals surface area contributed by atoms with E-state index in [2.05, 4.69) is 4.98 Å². The summed E-state index contributed by atoms with van der Waals surface area (Å²) in [4.78, 5) is 13.7. The number of H-pyrrole nitrogens is 1. The fraction of sp³-hybridized carbons (Fsp3) is 0.250. The molecule has 2 nitrogen and oxygen atoms in total. The highest BCUT2D eigenvalue weighted by Gasteiger charge is 2.30. The van der Waals surface area contributed by atoms with Gasteiger partial charge in [-0.1, -0.05) is 6.07 Å². The van der Waals surface area contributed by atoms with Gasteiger partial charge in [-0.15, -0.1) is 0 Å². The van der Waals surface area contributed by atoms with Crippen molar-refractivity contribution in [1.29, 1.82) is 0 Å². The zero-order chi connectivity index (χ0) is 12.6. The summed E-state index contributed by atoms with van der Waals surface area (Å²) in [6, 6.07) is 3.48. The number of aromatic nitrogens is 1. The van der Waals surface area contributed by atoms with Gasteiger partial charge in [-0.25, -0.2) is 0 Å². The lowest BCUT2D eigenvalue weighted by Crippen LogP contribution is -2.04. The number of rotatable bonds is 2. The maximum atomic E-state index is 12.5. The van der Waals surface area contributed by atoms with Gasteiger partial charge in [0.05, 0.1) is 5.56 Å². The van der Waals surface area contributed by atoms with Gasteiger partial charge in [-0.3, -0.25) is 4.79 Å². The lowest BCUT2D eigenvalue weighted by Gasteiger charge is -2.06. The number of alkyl halides is 3. The third-order valence-corrected chi connectivity index (χ3v) is 2.53. The quantitative estimate of drug-likeness (QED) is 0.859. The minimum Gasteiger partial charge on any atom is -0.361 e. The molecule has 0 aliphatic rings. The molecule has 0 spiro atoms. The Morgan fingerprint density at radius 2 is 2.06 bits per heavy atom. The Labute approximate surface area is 95.4 Å². The molecule has 0 radical (unpaired) electrons.